The molecule has 1 aromatic carbocycles. The minimum absolute atomic E-state index is 0.00991. The molecule has 0 aliphatic carbocycles. The van der Waals surface area contributed by atoms with E-state index in [1.807, 2.05) is 0 Å². The van der Waals surface area contributed by atoms with Crippen LogP contribution in [0, 0.1) is 10.1 Å². The lowest BCUT2D eigenvalue weighted by atomic mass is 10.3. The monoisotopic (exact) mass is 256 g/mol. The van der Waals surface area contributed by atoms with Gasteiger partial charge in [-0.15, -0.1) is 5.10 Å². The van der Waals surface area contributed by atoms with Gasteiger partial charge in [-0.05, 0) is 22.0 Å². The molecule has 0 saturated carbocycles. The Bertz CT molecular complexity index is 522. The number of nitrogens with zero attached hydrogens (tertiary/aromatic N) is 4. The largest absolute Gasteiger partial charge is 0.296 e. The summed E-state index contributed by atoms with van der Waals surface area (Å²) in [6, 6.07) is 3.02. The summed E-state index contributed by atoms with van der Waals surface area (Å²) in [6.07, 6.45) is 0. The molecule has 7 heteroatoms. The van der Waals surface area contributed by atoms with Gasteiger partial charge < -0.3 is 0 Å². The molecule has 0 N–H and O–H groups in total. The molecule has 0 spiro atoms. The Morgan fingerprint density at radius 3 is 2.93 bits per heavy atom. The molecule has 0 saturated heterocycles. The second-order valence-corrected chi connectivity index (χ2v) is 3.59. The highest BCUT2D eigenvalue weighted by atomic mass is 79.9. The molecule has 0 fully saturated rings. The van der Waals surface area contributed by atoms with Crippen molar-refractivity contribution in [3.05, 3.63) is 26.7 Å². The highest BCUT2D eigenvalue weighted by molar-refractivity contribution is 9.10. The number of halogens is 1. The van der Waals surface area contributed by atoms with E-state index in [-0.39, 0.29) is 5.69 Å². The molecule has 2 rings (SSSR count). The van der Waals surface area contributed by atoms with E-state index in [1.54, 1.807) is 13.1 Å². The van der Waals surface area contributed by atoms with Gasteiger partial charge in [-0.3, -0.25) is 10.1 Å². The molecule has 0 radical (unpaired) electrons. The minimum atomic E-state index is -0.446. The molecule has 1 aromatic heterocycles. The van der Waals surface area contributed by atoms with E-state index in [4.69, 9.17) is 0 Å². The van der Waals surface area contributed by atoms with Gasteiger partial charge in [-0.1, -0.05) is 5.21 Å². The van der Waals surface area contributed by atoms with E-state index in [0.29, 0.717) is 15.5 Å². The third-order valence-electron chi connectivity index (χ3n) is 1.88. The lowest BCUT2D eigenvalue weighted by Crippen LogP contribution is -1.95. The summed E-state index contributed by atoms with van der Waals surface area (Å²) in [5, 5.41) is 18.3. The fraction of sp³-hybridized carbons (Fsp3) is 0.143. The number of nitro benzene ring substituents is 1. The van der Waals surface area contributed by atoms with Crippen LogP contribution >= 0.6 is 15.9 Å². The lowest BCUT2D eigenvalue weighted by Gasteiger charge is -1.96. The number of hydrogen-bond acceptors (Lipinski definition) is 4. The maximum absolute atomic E-state index is 10.7. The Kier molecular flexibility index (Phi) is 1.95. The SMILES string of the molecule is Cn1nnc2c(Br)ccc([N+](=O)[O-])c21. The van der Waals surface area contributed by atoms with Crippen molar-refractivity contribution < 1.29 is 4.92 Å². The summed E-state index contributed by atoms with van der Waals surface area (Å²) in [4.78, 5) is 10.3. The van der Waals surface area contributed by atoms with Gasteiger partial charge in [-0.2, -0.15) is 0 Å². The smallest absolute Gasteiger partial charge is 0.258 e. The molecular weight excluding hydrogens is 252 g/mol. The molecule has 0 bridgehead atoms. The van der Waals surface area contributed by atoms with Gasteiger partial charge in [0.15, 0.2) is 5.52 Å². The maximum atomic E-state index is 10.7. The molecule has 0 atom stereocenters. The van der Waals surface area contributed by atoms with Gasteiger partial charge in [0, 0.05) is 17.6 Å². The predicted octanol–water partition coefficient (Wildman–Crippen LogP) is 1.64. The molecule has 0 amide bonds. The molecule has 0 unspecified atom stereocenters. The normalized spacial score (nSPS) is 10.7. The first-order valence-corrected chi connectivity index (χ1v) is 4.53. The van der Waals surface area contributed by atoms with Crippen molar-refractivity contribution in [3.8, 4) is 0 Å². The van der Waals surface area contributed by atoms with Crippen LogP contribution in [0.1, 0.15) is 0 Å². The van der Waals surface area contributed by atoms with Crippen LogP contribution in [0.4, 0.5) is 5.69 Å². The topological polar surface area (TPSA) is 73.8 Å². The number of fused-ring (bicyclic) bond motifs is 1. The molecule has 2 aromatic rings. The Labute approximate surface area is 86.8 Å². The van der Waals surface area contributed by atoms with Crippen LogP contribution in [-0.4, -0.2) is 19.9 Å². The first-order chi connectivity index (χ1) is 6.61. The van der Waals surface area contributed by atoms with Gasteiger partial charge in [0.25, 0.3) is 5.69 Å². The first-order valence-electron chi connectivity index (χ1n) is 3.73. The highest BCUT2D eigenvalue weighted by Gasteiger charge is 2.18. The number of benzene rings is 1. The summed E-state index contributed by atoms with van der Waals surface area (Å²) in [7, 11) is 1.62. The van der Waals surface area contributed by atoms with Crippen molar-refractivity contribution >= 4 is 32.7 Å². The summed E-state index contributed by atoms with van der Waals surface area (Å²) >= 11 is 3.26. The Morgan fingerprint density at radius 2 is 2.29 bits per heavy atom. The van der Waals surface area contributed by atoms with Crippen molar-refractivity contribution in [1.29, 1.82) is 0 Å². The third-order valence-corrected chi connectivity index (χ3v) is 2.52. The van der Waals surface area contributed by atoms with E-state index in [2.05, 4.69) is 26.2 Å². The van der Waals surface area contributed by atoms with E-state index >= 15 is 0 Å². The van der Waals surface area contributed by atoms with Crippen molar-refractivity contribution in [2.24, 2.45) is 7.05 Å². The first kappa shape index (κ1) is 9.07. The molecule has 0 aliphatic heterocycles. The van der Waals surface area contributed by atoms with Gasteiger partial charge in [-0.25, -0.2) is 4.68 Å². The summed E-state index contributed by atoms with van der Waals surface area (Å²) in [5.74, 6) is 0. The molecule has 6 nitrogen and oxygen atoms in total. The molecular formula is C7H5BrN4O2. The maximum Gasteiger partial charge on any atom is 0.296 e. The van der Waals surface area contributed by atoms with Crippen LogP contribution in [0.15, 0.2) is 16.6 Å². The van der Waals surface area contributed by atoms with E-state index < -0.39 is 4.92 Å². The zero-order valence-electron chi connectivity index (χ0n) is 7.14. The van der Waals surface area contributed by atoms with Crippen molar-refractivity contribution in [1.82, 2.24) is 15.0 Å². The van der Waals surface area contributed by atoms with Gasteiger partial charge in [0.05, 0.1) is 4.92 Å². The van der Waals surface area contributed by atoms with Crippen LogP contribution in [0.5, 0.6) is 0 Å². The van der Waals surface area contributed by atoms with Crippen LogP contribution in [0.2, 0.25) is 0 Å². The predicted molar refractivity (Wildman–Crippen MR) is 52.9 cm³/mol. The summed E-state index contributed by atoms with van der Waals surface area (Å²) in [5.41, 5.74) is 0.932. The average molecular weight is 257 g/mol. The van der Waals surface area contributed by atoms with Gasteiger partial charge in [0.2, 0.25) is 0 Å². The quantitative estimate of drug-likeness (QED) is 0.574. The fourth-order valence-electron chi connectivity index (χ4n) is 1.26. The number of rotatable bonds is 1. The number of non-ortho nitro benzene ring substituents is 1. The molecule has 14 heavy (non-hydrogen) atoms. The summed E-state index contributed by atoms with van der Waals surface area (Å²) in [6.45, 7) is 0. The van der Waals surface area contributed by atoms with Gasteiger partial charge >= 0.3 is 0 Å². The van der Waals surface area contributed by atoms with Gasteiger partial charge in [0.1, 0.15) is 5.52 Å². The molecule has 1 heterocycles. The molecule has 72 valence electrons. The number of nitro groups is 1. The average Bonchev–Trinajstić information content (AvgIpc) is 2.50. The number of aromatic nitrogens is 3. The number of hydrogen-bond donors (Lipinski definition) is 0. The second kappa shape index (κ2) is 3.02. The van der Waals surface area contributed by atoms with Crippen molar-refractivity contribution in [2.75, 3.05) is 0 Å². The third kappa shape index (κ3) is 1.17. The lowest BCUT2D eigenvalue weighted by molar-refractivity contribution is -0.383. The Balaban J connectivity index is 2.92. The standard InChI is InChI=1S/C7H5BrN4O2/c1-11-7-5(12(13)14)3-2-4(8)6(7)9-10-11/h2-3H,1H3. The van der Waals surface area contributed by atoms with E-state index in [0.717, 1.165) is 0 Å². The van der Waals surface area contributed by atoms with Crippen LogP contribution in [-0.2, 0) is 7.05 Å². The summed E-state index contributed by atoms with van der Waals surface area (Å²) < 4.78 is 2.09. The zero-order valence-corrected chi connectivity index (χ0v) is 8.72. The number of aryl methyl sites for hydroxylation is 1. The Morgan fingerprint density at radius 1 is 1.57 bits per heavy atom. The fourth-order valence-corrected chi connectivity index (χ4v) is 1.66. The second-order valence-electron chi connectivity index (χ2n) is 2.73. The molecule has 0 aliphatic rings. The van der Waals surface area contributed by atoms with E-state index in [1.165, 1.54) is 10.7 Å². The minimum Gasteiger partial charge on any atom is -0.258 e. The van der Waals surface area contributed by atoms with Crippen molar-refractivity contribution in [2.45, 2.75) is 0 Å². The van der Waals surface area contributed by atoms with E-state index in [9.17, 15) is 10.1 Å². The van der Waals surface area contributed by atoms with Crippen LogP contribution in [0.25, 0.3) is 11.0 Å². The zero-order chi connectivity index (χ0) is 10.3. The Hall–Kier alpha value is -1.50. The van der Waals surface area contributed by atoms with Crippen LogP contribution < -0.4 is 0 Å². The van der Waals surface area contributed by atoms with Crippen LogP contribution in [0.3, 0.4) is 0 Å². The highest BCUT2D eigenvalue weighted by Crippen LogP contribution is 2.28. The van der Waals surface area contributed by atoms with Crippen molar-refractivity contribution in [3.63, 3.8) is 0 Å².